The molecule has 0 aromatic heterocycles. The Balaban J connectivity index is 2.18. The van der Waals surface area contributed by atoms with E-state index in [-0.39, 0.29) is 24.6 Å². The Morgan fingerprint density at radius 1 is 1.20 bits per heavy atom. The van der Waals surface area contributed by atoms with E-state index < -0.39 is 18.3 Å². The van der Waals surface area contributed by atoms with Gasteiger partial charge in [-0.1, -0.05) is 0 Å². The van der Waals surface area contributed by atoms with E-state index in [1.54, 1.807) is 0 Å². The maximum Gasteiger partial charge on any atom is 0.0991 e. The van der Waals surface area contributed by atoms with Gasteiger partial charge in [-0.2, -0.15) is 0 Å². The van der Waals surface area contributed by atoms with Gasteiger partial charge in [-0.3, -0.25) is 4.90 Å². The zero-order chi connectivity index (χ0) is 11.2. The van der Waals surface area contributed by atoms with Crippen LogP contribution in [0.5, 0.6) is 0 Å². The highest BCUT2D eigenvalue weighted by Gasteiger charge is 2.50. The van der Waals surface area contributed by atoms with E-state index in [9.17, 15) is 15.3 Å². The van der Waals surface area contributed by atoms with Gasteiger partial charge in [0.2, 0.25) is 0 Å². The molecule has 0 bridgehead atoms. The fraction of sp³-hybridized carbons (Fsp3) is 1.00. The van der Waals surface area contributed by atoms with Crippen molar-refractivity contribution in [1.29, 1.82) is 0 Å². The Bertz CT molecular complexity index is 237. The summed E-state index contributed by atoms with van der Waals surface area (Å²) in [6.45, 7) is 2.37. The maximum absolute atomic E-state index is 9.86. The van der Waals surface area contributed by atoms with Crippen LogP contribution in [0.1, 0.15) is 13.3 Å². The van der Waals surface area contributed by atoms with Gasteiger partial charge >= 0.3 is 0 Å². The highest BCUT2D eigenvalue weighted by atomic mass is 16.3. The minimum absolute atomic E-state index is 0.0220. The highest BCUT2D eigenvalue weighted by Crippen LogP contribution is 2.34. The first kappa shape index (κ1) is 11.3. The molecule has 0 saturated carbocycles. The molecule has 2 aliphatic heterocycles. The second-order valence-electron chi connectivity index (χ2n) is 4.73. The predicted octanol–water partition coefficient (Wildman–Crippen LogP) is -1.85. The molecule has 5 nitrogen and oxygen atoms in total. The number of hydrogen-bond donors (Lipinski definition) is 4. The quantitative estimate of drug-likeness (QED) is 0.414. The van der Waals surface area contributed by atoms with E-state index in [0.29, 0.717) is 13.0 Å². The second-order valence-corrected chi connectivity index (χ2v) is 4.73. The lowest BCUT2D eigenvalue weighted by Gasteiger charge is -2.43. The van der Waals surface area contributed by atoms with Gasteiger partial charge in [-0.25, -0.2) is 0 Å². The summed E-state index contributed by atoms with van der Waals surface area (Å²) in [7, 11) is 0. The van der Waals surface area contributed by atoms with Crippen LogP contribution in [0.4, 0.5) is 0 Å². The molecule has 2 aliphatic rings. The third kappa shape index (κ3) is 1.68. The highest BCUT2D eigenvalue weighted by molar-refractivity contribution is 5.03. The second kappa shape index (κ2) is 3.99. The summed E-state index contributed by atoms with van der Waals surface area (Å²) in [5.41, 5.74) is 0. The normalized spacial score (nSPS) is 51.8. The molecule has 0 amide bonds. The zero-order valence-electron chi connectivity index (χ0n) is 8.82. The van der Waals surface area contributed by atoms with Crippen LogP contribution in [0, 0.1) is 5.92 Å². The Hall–Kier alpha value is -0.200. The molecule has 0 radical (unpaired) electrons. The summed E-state index contributed by atoms with van der Waals surface area (Å²) in [5.74, 6) is 0.0220. The lowest BCUT2D eigenvalue weighted by Crippen LogP contribution is -2.56. The Kier molecular flexibility index (Phi) is 3.00. The van der Waals surface area contributed by atoms with Gasteiger partial charge in [-0.05, 0) is 19.3 Å². The lowest BCUT2D eigenvalue weighted by atomic mass is 9.85. The monoisotopic (exact) mass is 217 g/mol. The van der Waals surface area contributed by atoms with Gasteiger partial charge in [-0.15, -0.1) is 0 Å². The first-order chi connectivity index (χ1) is 7.06. The van der Waals surface area contributed by atoms with Crippen LogP contribution in [-0.2, 0) is 0 Å². The van der Waals surface area contributed by atoms with Crippen LogP contribution >= 0.6 is 0 Å². The van der Waals surface area contributed by atoms with Gasteiger partial charge < -0.3 is 20.4 Å². The number of piperidine rings is 1. The van der Waals surface area contributed by atoms with Crippen molar-refractivity contribution in [2.45, 2.75) is 43.7 Å². The van der Waals surface area contributed by atoms with Crippen molar-refractivity contribution in [3.63, 3.8) is 0 Å². The molecule has 0 unspecified atom stereocenters. The van der Waals surface area contributed by atoms with Gasteiger partial charge in [0, 0.05) is 19.2 Å². The molecule has 15 heavy (non-hydrogen) atoms. The summed E-state index contributed by atoms with van der Waals surface area (Å²) >= 11 is 0. The van der Waals surface area contributed by atoms with Crippen LogP contribution in [0.2, 0.25) is 0 Å². The largest absolute Gasteiger partial charge is 0.396 e. The van der Waals surface area contributed by atoms with Crippen molar-refractivity contribution in [2.75, 3.05) is 13.2 Å². The molecule has 2 rings (SSSR count). The van der Waals surface area contributed by atoms with E-state index in [2.05, 4.69) is 0 Å². The van der Waals surface area contributed by atoms with Crippen molar-refractivity contribution >= 4 is 0 Å². The molecular formula is C10H19NO4. The van der Waals surface area contributed by atoms with E-state index >= 15 is 0 Å². The van der Waals surface area contributed by atoms with Crippen LogP contribution < -0.4 is 0 Å². The average Bonchev–Trinajstić information content (AvgIpc) is 2.50. The molecule has 2 fully saturated rings. The summed E-state index contributed by atoms with van der Waals surface area (Å²) < 4.78 is 0. The first-order valence-electron chi connectivity index (χ1n) is 5.47. The van der Waals surface area contributed by atoms with Crippen molar-refractivity contribution in [3.8, 4) is 0 Å². The van der Waals surface area contributed by atoms with E-state index in [0.717, 1.165) is 0 Å². The van der Waals surface area contributed by atoms with Crippen molar-refractivity contribution in [2.24, 2.45) is 5.92 Å². The van der Waals surface area contributed by atoms with Crippen molar-refractivity contribution < 1.29 is 20.4 Å². The third-order valence-corrected chi connectivity index (χ3v) is 3.90. The summed E-state index contributed by atoms with van der Waals surface area (Å²) in [6, 6.07) is -0.284. The molecular weight excluding hydrogens is 198 g/mol. The number of hydrogen-bond acceptors (Lipinski definition) is 5. The number of nitrogens with zero attached hydrogens (tertiary/aromatic N) is 1. The topological polar surface area (TPSA) is 84.2 Å². The SMILES string of the molecule is C[C@H]1[C@@H](CO)C[C@@H](O)[C@@H]2[C@H](O)[C@H](O)CN21. The number of aliphatic hydroxyl groups is 4. The first-order valence-corrected chi connectivity index (χ1v) is 5.47. The van der Waals surface area contributed by atoms with Crippen molar-refractivity contribution in [1.82, 2.24) is 4.90 Å². The predicted molar refractivity (Wildman–Crippen MR) is 53.2 cm³/mol. The number of aliphatic hydroxyl groups excluding tert-OH is 4. The zero-order valence-corrected chi connectivity index (χ0v) is 8.82. The Morgan fingerprint density at radius 2 is 1.87 bits per heavy atom. The van der Waals surface area contributed by atoms with Gasteiger partial charge in [0.15, 0.2) is 0 Å². The summed E-state index contributed by atoms with van der Waals surface area (Å²) in [4.78, 5) is 1.91. The Morgan fingerprint density at radius 3 is 2.47 bits per heavy atom. The molecule has 88 valence electrons. The fourth-order valence-electron chi connectivity index (χ4n) is 2.90. The molecule has 2 heterocycles. The smallest absolute Gasteiger partial charge is 0.0991 e. The molecule has 6 atom stereocenters. The maximum atomic E-state index is 9.86. The summed E-state index contributed by atoms with van der Waals surface area (Å²) in [6.07, 6.45) is -1.83. The van der Waals surface area contributed by atoms with Crippen molar-refractivity contribution in [3.05, 3.63) is 0 Å². The van der Waals surface area contributed by atoms with E-state index in [1.807, 2.05) is 11.8 Å². The molecule has 0 aromatic carbocycles. The van der Waals surface area contributed by atoms with Gasteiger partial charge in [0.1, 0.15) is 0 Å². The third-order valence-electron chi connectivity index (χ3n) is 3.90. The summed E-state index contributed by atoms with van der Waals surface area (Å²) in [5, 5.41) is 38.3. The van der Waals surface area contributed by atoms with Gasteiger partial charge in [0.25, 0.3) is 0 Å². The number of rotatable bonds is 1. The number of fused-ring (bicyclic) bond motifs is 1. The standard InChI is InChI=1S/C10H19NO4/c1-5-6(4-12)2-7(13)9-10(15)8(14)3-11(5)9/h5-10,12-15H,2-4H2,1H3/t5-,6+,7+,8+,9+,10+/m0/s1. The Labute approximate surface area is 88.9 Å². The minimum atomic E-state index is -0.873. The van der Waals surface area contributed by atoms with Gasteiger partial charge in [0.05, 0.1) is 24.4 Å². The molecule has 0 aliphatic carbocycles. The minimum Gasteiger partial charge on any atom is -0.396 e. The average molecular weight is 217 g/mol. The molecule has 0 spiro atoms. The van der Waals surface area contributed by atoms with Crippen LogP contribution in [0.15, 0.2) is 0 Å². The molecule has 0 aromatic rings. The molecule has 4 N–H and O–H groups in total. The van der Waals surface area contributed by atoms with E-state index in [1.165, 1.54) is 0 Å². The van der Waals surface area contributed by atoms with Crippen LogP contribution in [0.3, 0.4) is 0 Å². The van der Waals surface area contributed by atoms with Crippen LogP contribution in [0.25, 0.3) is 0 Å². The lowest BCUT2D eigenvalue weighted by molar-refractivity contribution is -0.0714. The molecule has 5 heteroatoms. The van der Waals surface area contributed by atoms with E-state index in [4.69, 9.17) is 5.11 Å². The molecule has 2 saturated heterocycles. The fourth-order valence-corrected chi connectivity index (χ4v) is 2.90. The van der Waals surface area contributed by atoms with Crippen LogP contribution in [-0.4, -0.2) is 68.9 Å².